The summed E-state index contributed by atoms with van der Waals surface area (Å²) >= 11 is 0. The average Bonchev–Trinajstić information content (AvgIpc) is 2.94. The Labute approximate surface area is 240 Å². The number of para-hydroxylation sites is 1. The number of aromatic nitrogens is 1. The molecule has 11 heteroatoms. The van der Waals surface area contributed by atoms with Crippen molar-refractivity contribution in [1.82, 2.24) is 4.98 Å². The molecule has 3 aromatic carbocycles. The van der Waals surface area contributed by atoms with Crippen LogP contribution in [0.3, 0.4) is 0 Å². The smallest absolute Gasteiger partial charge is 0.416 e. The van der Waals surface area contributed by atoms with Gasteiger partial charge in [0.15, 0.2) is 0 Å². The lowest BCUT2D eigenvalue weighted by Gasteiger charge is -2.32. The number of carbonyl (C=O) groups is 2. The number of rotatable bonds is 6. The van der Waals surface area contributed by atoms with Crippen LogP contribution in [0.25, 0.3) is 10.9 Å². The topological polar surface area (TPSA) is 104 Å². The van der Waals surface area contributed by atoms with Crippen LogP contribution in [0.4, 0.5) is 30.2 Å². The number of fused-ring (bicyclic) bond motifs is 1. The van der Waals surface area contributed by atoms with Crippen molar-refractivity contribution in [1.29, 1.82) is 0 Å². The van der Waals surface area contributed by atoms with E-state index < -0.39 is 23.8 Å². The molecular formula is C31H29F3N4O4. The summed E-state index contributed by atoms with van der Waals surface area (Å²) in [7, 11) is 0. The van der Waals surface area contributed by atoms with Gasteiger partial charge in [-0.25, -0.2) is 0 Å². The second-order valence-corrected chi connectivity index (χ2v) is 10.2. The molecule has 0 radical (unpaired) electrons. The highest BCUT2D eigenvalue weighted by Gasteiger charge is 2.33. The maximum Gasteiger partial charge on any atom is 0.416 e. The van der Waals surface area contributed by atoms with E-state index in [9.17, 15) is 27.9 Å². The van der Waals surface area contributed by atoms with Crippen LogP contribution in [-0.4, -0.2) is 41.1 Å². The number of ether oxygens (including phenoxy) is 1. The van der Waals surface area contributed by atoms with Crippen LogP contribution >= 0.6 is 0 Å². The number of piperidine rings is 1. The summed E-state index contributed by atoms with van der Waals surface area (Å²) in [6.45, 7) is 4.00. The predicted octanol–water partition coefficient (Wildman–Crippen LogP) is 6.53. The van der Waals surface area contributed by atoms with Crippen molar-refractivity contribution in [3.8, 4) is 11.5 Å². The van der Waals surface area contributed by atoms with Crippen molar-refractivity contribution < 1.29 is 32.6 Å². The molecule has 4 aromatic rings. The maximum absolute atomic E-state index is 13.7. The number of aryl methyl sites for hydroxylation is 1. The lowest BCUT2D eigenvalue weighted by atomic mass is 10.0. The zero-order valence-corrected chi connectivity index (χ0v) is 23.0. The molecule has 0 bridgehead atoms. The fourth-order valence-electron chi connectivity index (χ4n) is 4.85. The first-order valence-corrected chi connectivity index (χ1v) is 13.4. The molecule has 2 amide bonds. The molecule has 0 saturated carbocycles. The number of anilines is 3. The van der Waals surface area contributed by atoms with Crippen molar-refractivity contribution in [2.75, 3.05) is 28.6 Å². The molecule has 0 unspecified atom stereocenters. The number of hydrogen-bond acceptors (Lipinski definition) is 6. The highest BCUT2D eigenvalue weighted by molar-refractivity contribution is 6.05. The van der Waals surface area contributed by atoms with Crippen LogP contribution in [-0.2, 0) is 11.0 Å². The summed E-state index contributed by atoms with van der Waals surface area (Å²) in [5, 5.41) is 15.9. The molecule has 1 saturated heterocycles. The Morgan fingerprint density at radius 3 is 2.48 bits per heavy atom. The normalized spacial score (nSPS) is 14.1. The number of aliphatic hydroxyl groups excluding tert-OH is 1. The van der Waals surface area contributed by atoms with Crippen molar-refractivity contribution in [3.63, 3.8) is 0 Å². The number of alkyl halides is 3. The third kappa shape index (κ3) is 6.46. The highest BCUT2D eigenvalue weighted by atomic mass is 19.4. The molecule has 218 valence electrons. The first kappa shape index (κ1) is 28.9. The van der Waals surface area contributed by atoms with E-state index in [0.29, 0.717) is 59.7 Å². The Kier molecular flexibility index (Phi) is 8.04. The van der Waals surface area contributed by atoms with Crippen molar-refractivity contribution in [3.05, 3.63) is 83.6 Å². The number of benzene rings is 3. The van der Waals surface area contributed by atoms with Gasteiger partial charge in [0.1, 0.15) is 11.5 Å². The van der Waals surface area contributed by atoms with Gasteiger partial charge < -0.3 is 25.4 Å². The Morgan fingerprint density at radius 2 is 1.76 bits per heavy atom. The fraction of sp³-hybridized carbons (Fsp3) is 0.258. The van der Waals surface area contributed by atoms with Gasteiger partial charge in [-0.1, -0.05) is 12.1 Å². The van der Waals surface area contributed by atoms with Gasteiger partial charge >= 0.3 is 6.18 Å². The highest BCUT2D eigenvalue weighted by Crippen LogP contribution is 2.36. The summed E-state index contributed by atoms with van der Waals surface area (Å²) in [5.74, 6) is -0.0594. The minimum Gasteiger partial charge on any atom is -0.456 e. The summed E-state index contributed by atoms with van der Waals surface area (Å²) in [4.78, 5) is 30.9. The Balaban J connectivity index is 1.42. The van der Waals surface area contributed by atoms with Gasteiger partial charge in [0, 0.05) is 54.6 Å². The van der Waals surface area contributed by atoms with E-state index in [0.717, 1.165) is 17.7 Å². The van der Waals surface area contributed by atoms with Gasteiger partial charge in [0.25, 0.3) is 5.91 Å². The van der Waals surface area contributed by atoms with E-state index in [2.05, 4.69) is 15.6 Å². The van der Waals surface area contributed by atoms with Gasteiger partial charge in [-0.15, -0.1) is 0 Å². The number of halogens is 3. The van der Waals surface area contributed by atoms with Crippen LogP contribution < -0.4 is 20.3 Å². The SMILES string of the molecule is CC(=O)Nc1cccc2c(Oc3cc(NC(=O)c4cc(N5CCC(O)CC5)cc(C(F)(F)F)c4)ccc3C)ccnc12. The van der Waals surface area contributed by atoms with Crippen molar-refractivity contribution >= 4 is 39.8 Å². The third-order valence-electron chi connectivity index (χ3n) is 7.04. The summed E-state index contributed by atoms with van der Waals surface area (Å²) in [5.41, 5.74) is 1.37. The quantitative estimate of drug-likeness (QED) is 0.241. The molecule has 3 N–H and O–H groups in total. The van der Waals surface area contributed by atoms with Crippen LogP contribution in [0, 0.1) is 6.92 Å². The monoisotopic (exact) mass is 578 g/mol. The average molecular weight is 579 g/mol. The van der Waals surface area contributed by atoms with E-state index in [1.54, 1.807) is 53.6 Å². The lowest BCUT2D eigenvalue weighted by molar-refractivity contribution is -0.137. The number of carbonyl (C=O) groups excluding carboxylic acids is 2. The molecular weight excluding hydrogens is 549 g/mol. The van der Waals surface area contributed by atoms with Crippen LogP contribution in [0.15, 0.2) is 66.9 Å². The van der Waals surface area contributed by atoms with Gasteiger partial charge in [0.2, 0.25) is 5.91 Å². The molecule has 0 aliphatic carbocycles. The number of hydrogen-bond donors (Lipinski definition) is 3. The molecule has 0 spiro atoms. The largest absolute Gasteiger partial charge is 0.456 e. The first-order valence-electron chi connectivity index (χ1n) is 13.4. The molecule has 1 aliphatic rings. The Hall–Kier alpha value is -4.64. The summed E-state index contributed by atoms with van der Waals surface area (Å²) < 4.78 is 47.4. The zero-order chi connectivity index (χ0) is 30.0. The van der Waals surface area contributed by atoms with E-state index in [4.69, 9.17) is 4.74 Å². The van der Waals surface area contributed by atoms with Gasteiger partial charge in [-0.2, -0.15) is 13.2 Å². The zero-order valence-electron chi connectivity index (χ0n) is 23.0. The van der Waals surface area contributed by atoms with Crippen molar-refractivity contribution in [2.24, 2.45) is 0 Å². The van der Waals surface area contributed by atoms with Crippen LogP contribution in [0.5, 0.6) is 11.5 Å². The molecule has 1 aliphatic heterocycles. The van der Waals surface area contributed by atoms with Gasteiger partial charge in [0.05, 0.1) is 22.9 Å². The second-order valence-electron chi connectivity index (χ2n) is 10.2. The number of nitrogens with one attached hydrogen (secondary N) is 2. The second kappa shape index (κ2) is 11.7. The molecule has 42 heavy (non-hydrogen) atoms. The Morgan fingerprint density at radius 1 is 1.00 bits per heavy atom. The van der Waals surface area contributed by atoms with E-state index >= 15 is 0 Å². The lowest BCUT2D eigenvalue weighted by Crippen LogP contribution is -2.36. The van der Waals surface area contributed by atoms with Gasteiger partial charge in [-0.05, 0) is 67.8 Å². The summed E-state index contributed by atoms with van der Waals surface area (Å²) in [6, 6.07) is 15.2. The summed E-state index contributed by atoms with van der Waals surface area (Å²) in [6.07, 6.45) is -2.70. The predicted molar refractivity (Wildman–Crippen MR) is 154 cm³/mol. The molecule has 1 aromatic heterocycles. The molecule has 2 heterocycles. The Bertz CT molecular complexity index is 1650. The first-order chi connectivity index (χ1) is 20.0. The third-order valence-corrected chi connectivity index (χ3v) is 7.04. The fourth-order valence-corrected chi connectivity index (χ4v) is 4.85. The van der Waals surface area contributed by atoms with Crippen LogP contribution in [0.1, 0.15) is 41.3 Å². The molecule has 0 atom stereocenters. The molecule has 1 fully saturated rings. The minimum atomic E-state index is -4.64. The number of amides is 2. The van der Waals surface area contributed by atoms with E-state index in [1.807, 2.05) is 6.92 Å². The molecule has 8 nitrogen and oxygen atoms in total. The van der Waals surface area contributed by atoms with E-state index in [1.165, 1.54) is 13.0 Å². The van der Waals surface area contributed by atoms with E-state index in [-0.39, 0.29) is 17.2 Å². The number of nitrogens with zero attached hydrogens (tertiary/aromatic N) is 2. The maximum atomic E-state index is 13.7. The number of aliphatic hydroxyl groups is 1. The van der Waals surface area contributed by atoms with Gasteiger partial charge in [-0.3, -0.25) is 14.6 Å². The van der Waals surface area contributed by atoms with Crippen LogP contribution in [0.2, 0.25) is 0 Å². The molecule has 5 rings (SSSR count). The minimum absolute atomic E-state index is 0.139. The number of pyridine rings is 1. The standard InChI is InChI=1S/C31H29F3N4O4/c1-18-6-7-22(17-28(18)42-27-8-11-35-29-25(27)4-3-5-26(29)36-19(2)39)37-30(41)20-14-21(31(32,33)34)16-23(15-20)38-12-9-24(40)10-13-38/h3-8,11,14-17,24,40H,9-10,12-13H2,1-2H3,(H,36,39)(H,37,41). The van der Waals surface area contributed by atoms with Crippen molar-refractivity contribution in [2.45, 2.75) is 39.0 Å².